The van der Waals surface area contributed by atoms with Gasteiger partial charge in [0.2, 0.25) is 0 Å². The summed E-state index contributed by atoms with van der Waals surface area (Å²) in [6.07, 6.45) is 3.10. The van der Waals surface area contributed by atoms with Gasteiger partial charge in [-0.1, -0.05) is 27.2 Å². The summed E-state index contributed by atoms with van der Waals surface area (Å²) >= 11 is 0. The fraction of sp³-hybridized carbons (Fsp3) is 0.727. The van der Waals surface area contributed by atoms with E-state index < -0.39 is 0 Å². The minimum absolute atomic E-state index is 0.322. The minimum atomic E-state index is 0.322. The quantitative estimate of drug-likeness (QED) is 0.803. The summed E-state index contributed by atoms with van der Waals surface area (Å²) in [5.41, 5.74) is 1.79. The third kappa shape index (κ3) is 2.08. The Morgan fingerprint density at radius 1 is 1.43 bits per heavy atom. The molecule has 0 aliphatic heterocycles. The van der Waals surface area contributed by atoms with Crippen LogP contribution in [0.1, 0.15) is 50.9 Å². The van der Waals surface area contributed by atoms with Crippen molar-refractivity contribution in [3.8, 4) is 5.75 Å². The lowest BCUT2D eigenvalue weighted by molar-refractivity contribution is 0.454. The smallest absolute Gasteiger partial charge is 0.160 e. The van der Waals surface area contributed by atoms with Gasteiger partial charge in [0.1, 0.15) is 5.69 Å². The first-order valence-corrected chi connectivity index (χ1v) is 5.32. The largest absolute Gasteiger partial charge is 0.504 e. The van der Waals surface area contributed by atoms with Gasteiger partial charge in [-0.15, -0.1) is 0 Å². The van der Waals surface area contributed by atoms with E-state index in [1.807, 2.05) is 7.05 Å². The van der Waals surface area contributed by atoms with Crippen molar-refractivity contribution in [3.05, 3.63) is 11.4 Å². The molecule has 1 aromatic heterocycles. The van der Waals surface area contributed by atoms with E-state index in [2.05, 4.69) is 25.9 Å². The fourth-order valence-corrected chi connectivity index (χ4v) is 1.74. The first kappa shape index (κ1) is 11.1. The summed E-state index contributed by atoms with van der Waals surface area (Å²) in [4.78, 5) is 0. The molecule has 0 radical (unpaired) electrons. The SMILES string of the molecule is CCCCc1nn(C)c(C(C)C)c1O. The first-order valence-electron chi connectivity index (χ1n) is 5.32. The van der Waals surface area contributed by atoms with Crippen molar-refractivity contribution in [3.63, 3.8) is 0 Å². The summed E-state index contributed by atoms with van der Waals surface area (Å²) in [5, 5.41) is 14.3. The van der Waals surface area contributed by atoms with Crippen LogP contribution in [0, 0.1) is 0 Å². The van der Waals surface area contributed by atoms with Crippen molar-refractivity contribution < 1.29 is 5.11 Å². The van der Waals surface area contributed by atoms with Gasteiger partial charge in [0.15, 0.2) is 5.75 Å². The Morgan fingerprint density at radius 3 is 2.50 bits per heavy atom. The lowest BCUT2D eigenvalue weighted by Crippen LogP contribution is -1.99. The molecule has 0 aliphatic carbocycles. The van der Waals surface area contributed by atoms with E-state index >= 15 is 0 Å². The van der Waals surface area contributed by atoms with Gasteiger partial charge in [-0.05, 0) is 18.8 Å². The Kier molecular flexibility index (Phi) is 3.55. The monoisotopic (exact) mass is 196 g/mol. The highest BCUT2D eigenvalue weighted by atomic mass is 16.3. The number of hydrogen-bond donors (Lipinski definition) is 1. The molecule has 0 amide bonds. The van der Waals surface area contributed by atoms with E-state index in [9.17, 15) is 5.11 Å². The van der Waals surface area contributed by atoms with Crippen molar-refractivity contribution in [2.75, 3.05) is 0 Å². The van der Waals surface area contributed by atoms with E-state index in [4.69, 9.17) is 0 Å². The highest BCUT2D eigenvalue weighted by Gasteiger charge is 2.16. The molecular weight excluding hydrogens is 176 g/mol. The molecular formula is C11H20N2O. The van der Waals surface area contributed by atoms with Crippen LogP contribution >= 0.6 is 0 Å². The van der Waals surface area contributed by atoms with E-state index in [1.54, 1.807) is 4.68 Å². The van der Waals surface area contributed by atoms with Crippen molar-refractivity contribution in [1.82, 2.24) is 9.78 Å². The average molecular weight is 196 g/mol. The lowest BCUT2D eigenvalue weighted by atomic mass is 10.1. The molecule has 1 heterocycles. The second-order valence-corrected chi connectivity index (χ2v) is 4.06. The van der Waals surface area contributed by atoms with Crippen LogP contribution in [0.25, 0.3) is 0 Å². The van der Waals surface area contributed by atoms with E-state index in [1.165, 1.54) is 0 Å². The predicted octanol–water partition coefficient (Wildman–Crippen LogP) is 2.59. The van der Waals surface area contributed by atoms with Crippen LogP contribution in [0.5, 0.6) is 5.75 Å². The third-order valence-corrected chi connectivity index (χ3v) is 2.45. The molecule has 1 rings (SSSR count). The zero-order valence-electron chi connectivity index (χ0n) is 9.54. The zero-order chi connectivity index (χ0) is 10.7. The molecule has 0 unspecified atom stereocenters. The molecule has 0 atom stereocenters. The van der Waals surface area contributed by atoms with Crippen LogP contribution in [0.3, 0.4) is 0 Å². The summed E-state index contributed by atoms with van der Waals surface area (Å²) in [7, 11) is 1.89. The topological polar surface area (TPSA) is 38.0 Å². The number of hydrogen-bond acceptors (Lipinski definition) is 2. The van der Waals surface area contributed by atoms with Crippen molar-refractivity contribution in [2.24, 2.45) is 7.05 Å². The second-order valence-electron chi connectivity index (χ2n) is 4.06. The maximum atomic E-state index is 9.92. The molecule has 0 saturated carbocycles. The van der Waals surface area contributed by atoms with Crippen LogP contribution in [-0.2, 0) is 13.5 Å². The zero-order valence-corrected chi connectivity index (χ0v) is 9.54. The highest BCUT2D eigenvalue weighted by molar-refractivity contribution is 5.34. The Balaban J connectivity index is 2.92. The number of aromatic nitrogens is 2. The van der Waals surface area contributed by atoms with Crippen LogP contribution in [0.2, 0.25) is 0 Å². The normalized spacial score (nSPS) is 11.2. The number of aromatic hydroxyl groups is 1. The average Bonchev–Trinajstić information content (AvgIpc) is 2.38. The Hall–Kier alpha value is -0.990. The predicted molar refractivity (Wildman–Crippen MR) is 57.6 cm³/mol. The fourth-order valence-electron chi connectivity index (χ4n) is 1.74. The highest BCUT2D eigenvalue weighted by Crippen LogP contribution is 2.28. The van der Waals surface area contributed by atoms with Gasteiger partial charge in [0.25, 0.3) is 0 Å². The van der Waals surface area contributed by atoms with Gasteiger partial charge in [-0.3, -0.25) is 4.68 Å². The minimum Gasteiger partial charge on any atom is -0.504 e. The van der Waals surface area contributed by atoms with Gasteiger partial charge < -0.3 is 5.11 Å². The molecule has 0 spiro atoms. The van der Waals surface area contributed by atoms with Gasteiger partial charge in [0.05, 0.1) is 5.69 Å². The molecule has 0 bridgehead atoms. The second kappa shape index (κ2) is 4.49. The number of rotatable bonds is 4. The Labute approximate surface area is 85.8 Å². The molecule has 0 aliphatic rings. The van der Waals surface area contributed by atoms with Crippen molar-refractivity contribution >= 4 is 0 Å². The molecule has 3 nitrogen and oxygen atoms in total. The molecule has 1 aromatic rings. The summed E-state index contributed by atoms with van der Waals surface area (Å²) in [6.45, 7) is 6.28. The van der Waals surface area contributed by atoms with Crippen molar-refractivity contribution in [1.29, 1.82) is 0 Å². The standard InChI is InChI=1S/C11H20N2O/c1-5-6-7-9-11(14)10(8(2)3)13(4)12-9/h8,14H,5-7H2,1-4H3. The maximum absolute atomic E-state index is 9.92. The first-order chi connectivity index (χ1) is 6.57. The molecule has 80 valence electrons. The Bertz CT molecular complexity index is 302. The van der Waals surface area contributed by atoms with Crippen LogP contribution < -0.4 is 0 Å². The summed E-state index contributed by atoms with van der Waals surface area (Å²) < 4.78 is 1.80. The van der Waals surface area contributed by atoms with Crippen molar-refractivity contribution in [2.45, 2.75) is 46.0 Å². The van der Waals surface area contributed by atoms with Crippen LogP contribution in [0.15, 0.2) is 0 Å². The van der Waals surface area contributed by atoms with Crippen LogP contribution in [-0.4, -0.2) is 14.9 Å². The third-order valence-electron chi connectivity index (χ3n) is 2.45. The molecule has 3 heteroatoms. The molecule has 0 saturated heterocycles. The van der Waals surface area contributed by atoms with Gasteiger partial charge in [-0.25, -0.2) is 0 Å². The van der Waals surface area contributed by atoms with Gasteiger partial charge >= 0.3 is 0 Å². The number of nitrogens with zero attached hydrogens (tertiary/aromatic N) is 2. The Morgan fingerprint density at radius 2 is 2.07 bits per heavy atom. The molecule has 0 fully saturated rings. The van der Waals surface area contributed by atoms with E-state index in [0.717, 1.165) is 30.7 Å². The number of unbranched alkanes of at least 4 members (excludes halogenated alkanes) is 1. The summed E-state index contributed by atoms with van der Waals surface area (Å²) in [6, 6.07) is 0. The lowest BCUT2D eigenvalue weighted by Gasteiger charge is -2.05. The number of aryl methyl sites for hydroxylation is 2. The van der Waals surface area contributed by atoms with Gasteiger partial charge in [-0.2, -0.15) is 5.10 Å². The van der Waals surface area contributed by atoms with Crippen LogP contribution in [0.4, 0.5) is 0 Å². The maximum Gasteiger partial charge on any atom is 0.160 e. The molecule has 14 heavy (non-hydrogen) atoms. The molecule has 0 aromatic carbocycles. The van der Waals surface area contributed by atoms with E-state index in [-0.39, 0.29) is 0 Å². The summed E-state index contributed by atoms with van der Waals surface area (Å²) in [5.74, 6) is 0.721. The van der Waals surface area contributed by atoms with E-state index in [0.29, 0.717) is 11.7 Å². The van der Waals surface area contributed by atoms with Gasteiger partial charge in [0, 0.05) is 7.05 Å². The molecule has 1 N–H and O–H groups in total.